The first-order valence-corrected chi connectivity index (χ1v) is 8.12. The number of rotatable bonds is 5. The lowest BCUT2D eigenvalue weighted by Gasteiger charge is -2.08. The Balaban J connectivity index is 1.48. The second-order valence-electron chi connectivity index (χ2n) is 5.62. The summed E-state index contributed by atoms with van der Waals surface area (Å²) in [6.07, 6.45) is 1.43. The maximum atomic E-state index is 12.3. The summed E-state index contributed by atoms with van der Waals surface area (Å²) in [4.78, 5) is 20.7. The monoisotopic (exact) mass is 361 g/mol. The van der Waals surface area contributed by atoms with Crippen LogP contribution in [0.5, 0.6) is 5.75 Å². The first-order chi connectivity index (χ1) is 13.2. The van der Waals surface area contributed by atoms with Crippen LogP contribution in [0.15, 0.2) is 65.4 Å². The van der Waals surface area contributed by atoms with Crippen LogP contribution in [0.2, 0.25) is 0 Å². The Morgan fingerprint density at radius 2 is 1.89 bits per heavy atom. The molecule has 2 aromatic heterocycles. The quantitative estimate of drug-likeness (QED) is 0.527. The Bertz CT molecular complexity index is 1090. The lowest BCUT2D eigenvalue weighted by atomic mass is 10.1. The van der Waals surface area contributed by atoms with Gasteiger partial charge in [-0.2, -0.15) is 0 Å². The number of aromatic nitrogens is 3. The molecule has 0 spiro atoms. The van der Waals surface area contributed by atoms with Crippen LogP contribution in [0.4, 0.5) is 5.82 Å². The van der Waals surface area contributed by atoms with E-state index < -0.39 is 5.91 Å². The van der Waals surface area contributed by atoms with Crippen molar-refractivity contribution in [1.29, 1.82) is 0 Å². The highest BCUT2D eigenvalue weighted by Gasteiger charge is 2.14. The second kappa shape index (κ2) is 7.12. The minimum Gasteiger partial charge on any atom is -0.497 e. The number of hydrogen-bond acceptors (Lipinski definition) is 7. The van der Waals surface area contributed by atoms with Crippen molar-refractivity contribution < 1.29 is 14.1 Å². The zero-order valence-electron chi connectivity index (χ0n) is 14.3. The summed E-state index contributed by atoms with van der Waals surface area (Å²) in [5.41, 5.74) is 7.07. The third kappa shape index (κ3) is 3.40. The molecule has 2 heterocycles. The first kappa shape index (κ1) is 16.5. The molecule has 0 aliphatic rings. The Hall–Kier alpha value is -3.94. The summed E-state index contributed by atoms with van der Waals surface area (Å²) in [7, 11) is 1.60. The molecule has 0 bridgehead atoms. The van der Waals surface area contributed by atoms with E-state index in [9.17, 15) is 4.79 Å². The van der Waals surface area contributed by atoms with E-state index in [0.29, 0.717) is 11.6 Å². The van der Waals surface area contributed by atoms with Gasteiger partial charge in [-0.25, -0.2) is 9.97 Å². The topological polar surface area (TPSA) is 102 Å². The molecule has 0 radical (unpaired) electrons. The van der Waals surface area contributed by atoms with Crippen molar-refractivity contribution in [2.24, 2.45) is 0 Å². The molecule has 4 rings (SSSR count). The van der Waals surface area contributed by atoms with Gasteiger partial charge < -0.3 is 9.26 Å². The summed E-state index contributed by atoms with van der Waals surface area (Å²) < 4.78 is 10.4. The number of benzene rings is 2. The van der Waals surface area contributed by atoms with Gasteiger partial charge in [-0.1, -0.05) is 17.3 Å². The fraction of sp³-hybridized carbons (Fsp3) is 0.0526. The number of hydrazine groups is 1. The Kier molecular flexibility index (Phi) is 4.36. The molecule has 2 aromatic carbocycles. The SMILES string of the molecule is COc1ccc(-c2cc(C(=O)NNc3ncnc4ccccc34)no2)cc1. The van der Waals surface area contributed by atoms with Gasteiger partial charge in [-0.3, -0.25) is 15.6 Å². The molecule has 0 aliphatic heterocycles. The fourth-order valence-corrected chi connectivity index (χ4v) is 2.56. The van der Waals surface area contributed by atoms with Gasteiger partial charge in [0.1, 0.15) is 12.1 Å². The van der Waals surface area contributed by atoms with Gasteiger partial charge in [0, 0.05) is 17.0 Å². The van der Waals surface area contributed by atoms with Gasteiger partial charge in [0.2, 0.25) is 0 Å². The van der Waals surface area contributed by atoms with Crippen molar-refractivity contribution >= 4 is 22.6 Å². The van der Waals surface area contributed by atoms with Crippen LogP contribution in [0.3, 0.4) is 0 Å². The predicted molar refractivity (Wildman–Crippen MR) is 99.1 cm³/mol. The summed E-state index contributed by atoms with van der Waals surface area (Å²) in [6, 6.07) is 16.3. The van der Waals surface area contributed by atoms with Crippen LogP contribution >= 0.6 is 0 Å². The van der Waals surface area contributed by atoms with Crippen molar-refractivity contribution in [2.45, 2.75) is 0 Å². The lowest BCUT2D eigenvalue weighted by Crippen LogP contribution is -2.30. The minimum absolute atomic E-state index is 0.145. The van der Waals surface area contributed by atoms with Gasteiger partial charge in [0.25, 0.3) is 5.91 Å². The van der Waals surface area contributed by atoms with Crippen LogP contribution in [0, 0.1) is 0 Å². The third-order valence-electron chi connectivity index (χ3n) is 3.95. The van der Waals surface area contributed by atoms with Crippen molar-refractivity contribution in [3.8, 4) is 17.1 Å². The number of hydrogen-bond donors (Lipinski definition) is 2. The van der Waals surface area contributed by atoms with Crippen LogP contribution < -0.4 is 15.6 Å². The van der Waals surface area contributed by atoms with E-state index >= 15 is 0 Å². The smallest absolute Gasteiger partial charge is 0.291 e. The van der Waals surface area contributed by atoms with Crippen LogP contribution in [0.25, 0.3) is 22.2 Å². The molecule has 0 fully saturated rings. The standard InChI is InChI=1S/C19H15N5O3/c1-26-13-8-6-12(7-9-13)17-10-16(24-27-17)19(25)23-22-18-14-4-2-3-5-15(14)20-11-21-18/h2-11H,1H3,(H,23,25)(H,20,21,22). The number of ether oxygens (including phenoxy) is 1. The molecule has 8 nitrogen and oxygen atoms in total. The summed E-state index contributed by atoms with van der Waals surface area (Å²) in [5, 5.41) is 4.61. The molecule has 27 heavy (non-hydrogen) atoms. The van der Waals surface area contributed by atoms with Crippen molar-refractivity contribution in [2.75, 3.05) is 12.5 Å². The Morgan fingerprint density at radius 3 is 2.70 bits per heavy atom. The molecule has 1 amide bonds. The molecule has 8 heteroatoms. The number of methoxy groups -OCH3 is 1. The number of nitrogens with one attached hydrogen (secondary N) is 2. The van der Waals surface area contributed by atoms with Gasteiger partial charge in [0.05, 0.1) is 12.6 Å². The summed E-state index contributed by atoms with van der Waals surface area (Å²) >= 11 is 0. The van der Waals surface area contributed by atoms with Gasteiger partial charge >= 0.3 is 0 Å². The van der Waals surface area contributed by atoms with E-state index in [2.05, 4.69) is 26.0 Å². The second-order valence-corrected chi connectivity index (χ2v) is 5.62. The molecule has 0 saturated carbocycles. The van der Waals surface area contributed by atoms with Crippen LogP contribution in [-0.2, 0) is 0 Å². The van der Waals surface area contributed by atoms with E-state index in [4.69, 9.17) is 9.26 Å². The van der Waals surface area contributed by atoms with E-state index in [1.165, 1.54) is 6.33 Å². The lowest BCUT2D eigenvalue weighted by molar-refractivity contribution is 0.0953. The Labute approximate surface area is 154 Å². The number of carbonyl (C=O) groups excluding carboxylic acids is 1. The van der Waals surface area contributed by atoms with Crippen LogP contribution in [-0.4, -0.2) is 28.1 Å². The van der Waals surface area contributed by atoms with Gasteiger partial charge in [-0.15, -0.1) is 0 Å². The van der Waals surface area contributed by atoms with E-state index in [-0.39, 0.29) is 5.69 Å². The maximum absolute atomic E-state index is 12.3. The van der Waals surface area contributed by atoms with Crippen LogP contribution in [0.1, 0.15) is 10.5 Å². The molecular formula is C19H15N5O3. The van der Waals surface area contributed by atoms with Crippen molar-refractivity contribution in [3.63, 3.8) is 0 Å². The first-order valence-electron chi connectivity index (χ1n) is 8.12. The average molecular weight is 361 g/mol. The van der Waals surface area contributed by atoms with E-state index in [1.54, 1.807) is 25.3 Å². The highest BCUT2D eigenvalue weighted by Crippen LogP contribution is 2.23. The fourth-order valence-electron chi connectivity index (χ4n) is 2.56. The number of carbonyl (C=O) groups is 1. The van der Waals surface area contributed by atoms with E-state index in [1.807, 2.05) is 36.4 Å². The summed E-state index contributed by atoms with van der Waals surface area (Å²) in [5.74, 6) is 1.27. The molecule has 0 unspecified atom stereocenters. The molecule has 134 valence electrons. The van der Waals surface area contributed by atoms with Gasteiger partial charge in [0.15, 0.2) is 17.3 Å². The number of anilines is 1. The molecule has 0 saturated heterocycles. The highest BCUT2D eigenvalue weighted by molar-refractivity contribution is 5.95. The third-order valence-corrected chi connectivity index (χ3v) is 3.95. The number of amides is 1. The zero-order chi connectivity index (χ0) is 18.6. The van der Waals surface area contributed by atoms with E-state index in [0.717, 1.165) is 22.2 Å². The number of nitrogens with zero attached hydrogens (tertiary/aromatic N) is 3. The highest BCUT2D eigenvalue weighted by atomic mass is 16.5. The van der Waals surface area contributed by atoms with Crippen molar-refractivity contribution in [3.05, 3.63) is 66.6 Å². The van der Waals surface area contributed by atoms with Gasteiger partial charge in [-0.05, 0) is 36.4 Å². The minimum atomic E-state index is -0.443. The molecule has 2 N–H and O–H groups in total. The predicted octanol–water partition coefficient (Wildman–Crippen LogP) is 3.05. The largest absolute Gasteiger partial charge is 0.497 e. The number of fused-ring (bicyclic) bond motifs is 1. The van der Waals surface area contributed by atoms with Crippen molar-refractivity contribution in [1.82, 2.24) is 20.6 Å². The molecule has 0 atom stereocenters. The molecule has 0 aliphatic carbocycles. The summed E-state index contributed by atoms with van der Waals surface area (Å²) in [6.45, 7) is 0. The maximum Gasteiger partial charge on any atom is 0.291 e. The average Bonchev–Trinajstić information content (AvgIpc) is 3.22. The normalized spacial score (nSPS) is 10.6. The molecular weight excluding hydrogens is 346 g/mol. The zero-order valence-corrected chi connectivity index (χ0v) is 14.3. The molecule has 4 aromatic rings. The number of para-hydroxylation sites is 1. The Morgan fingerprint density at radius 1 is 1.07 bits per heavy atom.